The molecule has 0 fully saturated rings. The molecule has 0 unspecified atom stereocenters. The molecule has 0 bridgehead atoms. The third-order valence-corrected chi connectivity index (χ3v) is 5.18. The van der Waals surface area contributed by atoms with Gasteiger partial charge >= 0.3 is 0 Å². The summed E-state index contributed by atoms with van der Waals surface area (Å²) >= 11 is 0. The third kappa shape index (κ3) is 5.08. The van der Waals surface area contributed by atoms with Gasteiger partial charge in [0.1, 0.15) is 10.6 Å². The fraction of sp³-hybridized carbons (Fsp3) is 0.400. The van der Waals surface area contributed by atoms with E-state index in [4.69, 9.17) is 25.1 Å². The predicted molar refractivity (Wildman–Crippen MR) is 110 cm³/mol. The molecule has 0 aromatic heterocycles. The fourth-order valence-corrected chi connectivity index (χ4v) is 3.79. The first-order chi connectivity index (χ1) is 13.3. The van der Waals surface area contributed by atoms with Crippen molar-refractivity contribution in [2.75, 3.05) is 26.1 Å². The molecule has 0 aliphatic heterocycles. The summed E-state index contributed by atoms with van der Waals surface area (Å²) in [4.78, 5) is -0.0580. The molecular weight excluding hydrogens is 380 g/mol. The van der Waals surface area contributed by atoms with Crippen LogP contribution in [0, 0.1) is 0 Å². The van der Waals surface area contributed by atoms with Gasteiger partial charge in [0.05, 0.1) is 20.3 Å². The standard InChI is InChI=1S/C20H28N2O5S/c1-4-8-15-19(21)14(13-18(20(15)25-3)28(22,23)24)11-12-27-17-10-7-6-9-16(17)26-5-2/h6-7,9-10,13H,4-5,8,11-12,21H2,1-3H3,(H2,22,23,24). The zero-order valence-corrected chi connectivity index (χ0v) is 17.3. The van der Waals surface area contributed by atoms with Crippen molar-refractivity contribution in [2.24, 2.45) is 5.14 Å². The molecule has 0 amide bonds. The summed E-state index contributed by atoms with van der Waals surface area (Å²) in [5.74, 6) is 1.50. The highest BCUT2D eigenvalue weighted by molar-refractivity contribution is 7.89. The summed E-state index contributed by atoms with van der Waals surface area (Å²) in [6, 6.07) is 8.85. The van der Waals surface area contributed by atoms with Crippen LogP contribution in [-0.4, -0.2) is 28.7 Å². The van der Waals surface area contributed by atoms with Gasteiger partial charge in [-0.15, -0.1) is 0 Å². The highest BCUT2D eigenvalue weighted by Gasteiger charge is 2.23. The van der Waals surface area contributed by atoms with Gasteiger partial charge in [-0.25, -0.2) is 13.6 Å². The number of benzene rings is 2. The molecule has 4 N–H and O–H groups in total. The number of nitrogens with two attached hydrogens (primary N) is 2. The average Bonchev–Trinajstić information content (AvgIpc) is 2.65. The van der Waals surface area contributed by atoms with Crippen LogP contribution in [0.1, 0.15) is 31.4 Å². The van der Waals surface area contributed by atoms with Gasteiger partial charge in [-0.3, -0.25) is 0 Å². The van der Waals surface area contributed by atoms with Gasteiger partial charge in [-0.2, -0.15) is 0 Å². The van der Waals surface area contributed by atoms with E-state index in [9.17, 15) is 8.42 Å². The van der Waals surface area contributed by atoms with Gasteiger partial charge in [0.2, 0.25) is 10.0 Å². The topological polar surface area (TPSA) is 114 Å². The second kappa shape index (κ2) is 9.66. The molecule has 0 saturated heterocycles. The second-order valence-corrected chi connectivity index (χ2v) is 7.76. The number of nitrogen functional groups attached to an aromatic ring is 1. The van der Waals surface area contributed by atoms with Gasteiger partial charge in [-0.05, 0) is 37.1 Å². The molecule has 0 aliphatic rings. The molecule has 0 saturated carbocycles. The zero-order valence-electron chi connectivity index (χ0n) is 16.5. The number of primary sulfonamides is 1. The normalized spacial score (nSPS) is 11.3. The molecule has 7 nitrogen and oxygen atoms in total. The van der Waals surface area contributed by atoms with Crippen molar-refractivity contribution in [3.63, 3.8) is 0 Å². The van der Waals surface area contributed by atoms with E-state index in [2.05, 4.69) is 0 Å². The highest BCUT2D eigenvalue weighted by atomic mass is 32.2. The van der Waals surface area contributed by atoms with E-state index in [0.717, 1.165) is 6.42 Å². The van der Waals surface area contributed by atoms with Gasteiger partial charge < -0.3 is 19.9 Å². The van der Waals surface area contributed by atoms with Crippen molar-refractivity contribution in [1.82, 2.24) is 0 Å². The molecule has 0 heterocycles. The monoisotopic (exact) mass is 408 g/mol. The molecule has 2 rings (SSSR count). The first-order valence-electron chi connectivity index (χ1n) is 9.19. The van der Waals surface area contributed by atoms with E-state index in [0.29, 0.717) is 54.4 Å². The van der Waals surface area contributed by atoms with Crippen molar-refractivity contribution in [3.8, 4) is 17.2 Å². The molecule has 154 valence electrons. The lowest BCUT2D eigenvalue weighted by Crippen LogP contribution is -2.17. The number of hydrogen-bond acceptors (Lipinski definition) is 6. The Kier molecular flexibility index (Phi) is 7.53. The smallest absolute Gasteiger partial charge is 0.241 e. The summed E-state index contributed by atoms with van der Waals surface area (Å²) < 4.78 is 40.8. The largest absolute Gasteiger partial charge is 0.495 e. The molecule has 0 spiro atoms. The lowest BCUT2D eigenvalue weighted by atomic mass is 10.0. The van der Waals surface area contributed by atoms with Gasteiger partial charge in [0, 0.05) is 17.7 Å². The quantitative estimate of drug-likeness (QED) is 0.584. The number of rotatable bonds is 10. The van der Waals surface area contributed by atoms with Crippen molar-refractivity contribution in [1.29, 1.82) is 0 Å². The minimum atomic E-state index is -3.96. The molecule has 0 aliphatic carbocycles. The Hall–Kier alpha value is -2.45. The SMILES string of the molecule is CCCc1c(N)c(CCOc2ccccc2OCC)cc(S(N)(=O)=O)c1OC. The number of ether oxygens (including phenoxy) is 3. The first kappa shape index (κ1) is 21.8. The average molecular weight is 409 g/mol. The van der Waals surface area contributed by atoms with E-state index < -0.39 is 10.0 Å². The number of sulfonamides is 1. The molecule has 2 aromatic carbocycles. The Morgan fingerprint density at radius 1 is 1.04 bits per heavy atom. The van der Waals surface area contributed by atoms with Gasteiger partial charge in [0.25, 0.3) is 0 Å². The third-order valence-electron chi connectivity index (χ3n) is 4.26. The number of methoxy groups -OCH3 is 1. The Bertz CT molecular complexity index is 913. The van der Waals surface area contributed by atoms with Crippen molar-refractivity contribution < 1.29 is 22.6 Å². The summed E-state index contributed by atoms with van der Waals surface area (Å²) in [6.07, 6.45) is 1.78. The molecule has 0 atom stereocenters. The highest BCUT2D eigenvalue weighted by Crippen LogP contribution is 2.36. The maximum absolute atomic E-state index is 12.1. The second-order valence-electron chi connectivity index (χ2n) is 6.23. The van der Waals surface area contributed by atoms with Crippen LogP contribution in [0.25, 0.3) is 0 Å². The minimum absolute atomic E-state index is 0.0580. The van der Waals surface area contributed by atoms with Gasteiger partial charge in [-0.1, -0.05) is 25.5 Å². The summed E-state index contributed by atoms with van der Waals surface area (Å²) in [7, 11) is -2.55. The van der Waals surface area contributed by atoms with Crippen LogP contribution >= 0.6 is 0 Å². The van der Waals surface area contributed by atoms with E-state index >= 15 is 0 Å². The Labute approximate surface area is 166 Å². The maximum Gasteiger partial charge on any atom is 0.241 e. The minimum Gasteiger partial charge on any atom is -0.495 e. The van der Waals surface area contributed by atoms with E-state index in [-0.39, 0.29) is 10.6 Å². The van der Waals surface area contributed by atoms with Crippen LogP contribution in [0.2, 0.25) is 0 Å². The molecule has 0 radical (unpaired) electrons. The fourth-order valence-electron chi connectivity index (χ4n) is 3.02. The van der Waals surface area contributed by atoms with Crippen LogP contribution in [0.15, 0.2) is 35.2 Å². The van der Waals surface area contributed by atoms with Crippen LogP contribution in [0.4, 0.5) is 5.69 Å². The molecule has 2 aromatic rings. The van der Waals surface area contributed by atoms with E-state index in [1.54, 1.807) is 0 Å². The van der Waals surface area contributed by atoms with Crippen molar-refractivity contribution >= 4 is 15.7 Å². The van der Waals surface area contributed by atoms with Crippen LogP contribution < -0.4 is 25.1 Å². The Morgan fingerprint density at radius 3 is 2.21 bits per heavy atom. The Balaban J connectivity index is 2.32. The van der Waals surface area contributed by atoms with E-state index in [1.165, 1.54) is 13.2 Å². The number of para-hydroxylation sites is 2. The molecule has 28 heavy (non-hydrogen) atoms. The van der Waals surface area contributed by atoms with E-state index in [1.807, 2.05) is 38.1 Å². The van der Waals surface area contributed by atoms with Crippen LogP contribution in [-0.2, 0) is 22.9 Å². The lowest BCUT2D eigenvalue weighted by molar-refractivity contribution is 0.279. The summed E-state index contributed by atoms with van der Waals surface area (Å²) in [5.41, 5.74) is 8.14. The Morgan fingerprint density at radius 2 is 1.68 bits per heavy atom. The number of hydrogen-bond donors (Lipinski definition) is 2. The molecule has 8 heteroatoms. The van der Waals surface area contributed by atoms with Gasteiger partial charge in [0.15, 0.2) is 11.5 Å². The van der Waals surface area contributed by atoms with Crippen LogP contribution in [0.3, 0.4) is 0 Å². The zero-order chi connectivity index (χ0) is 20.7. The van der Waals surface area contributed by atoms with Crippen molar-refractivity contribution in [3.05, 3.63) is 41.5 Å². The predicted octanol–water partition coefficient (Wildman–Crippen LogP) is 2.90. The summed E-state index contributed by atoms with van der Waals surface area (Å²) in [6.45, 7) is 4.72. The lowest BCUT2D eigenvalue weighted by Gasteiger charge is -2.18. The maximum atomic E-state index is 12.1. The van der Waals surface area contributed by atoms with Crippen LogP contribution in [0.5, 0.6) is 17.2 Å². The van der Waals surface area contributed by atoms with Crippen molar-refractivity contribution in [2.45, 2.75) is 38.0 Å². The summed E-state index contributed by atoms with van der Waals surface area (Å²) in [5, 5.41) is 5.39. The molecular formula is C20H28N2O5S. The number of anilines is 1. The first-order valence-corrected chi connectivity index (χ1v) is 10.7.